The summed E-state index contributed by atoms with van der Waals surface area (Å²) < 4.78 is 5.46. The van der Waals surface area contributed by atoms with Crippen LogP contribution in [0.4, 0.5) is 51.2 Å². The molecular weight excluding hydrogens is 1060 g/mol. The molecular formula is C66H42N12S3. The number of hydrogen-bond acceptors (Lipinski definition) is 12. The van der Waals surface area contributed by atoms with Crippen LogP contribution in [-0.4, -0.2) is 45.0 Å². The molecule has 0 atom stereocenters. The molecule has 6 heterocycles. The summed E-state index contributed by atoms with van der Waals surface area (Å²) in [6, 6.07) is 82.9. The van der Waals surface area contributed by atoms with Gasteiger partial charge in [-0.2, -0.15) is 0 Å². The Bertz CT molecular complexity index is 3940. The molecule has 15 heteroatoms. The van der Waals surface area contributed by atoms with Gasteiger partial charge >= 0.3 is 0 Å². The van der Waals surface area contributed by atoms with Crippen molar-refractivity contribution in [2.45, 2.75) is 29.4 Å². The maximum Gasteiger partial charge on any atom is 0.113 e. The third-order valence-corrected chi connectivity index (χ3v) is 18.1. The zero-order valence-electron chi connectivity index (χ0n) is 42.8. The number of para-hydroxylation sites is 6. The molecule has 0 fully saturated rings. The number of aromatic nitrogens is 9. The van der Waals surface area contributed by atoms with Crippen molar-refractivity contribution in [1.82, 2.24) is 45.0 Å². The minimum absolute atomic E-state index is 0.683. The topological polar surface area (TPSA) is 102 Å². The van der Waals surface area contributed by atoms with Gasteiger partial charge < -0.3 is 14.7 Å². The van der Waals surface area contributed by atoms with Crippen LogP contribution in [0.2, 0.25) is 0 Å². The first-order chi connectivity index (χ1) is 40.1. The van der Waals surface area contributed by atoms with E-state index in [4.69, 9.17) is 15.3 Å². The first kappa shape index (κ1) is 47.1. The minimum atomic E-state index is 0.683. The lowest BCUT2D eigenvalue weighted by atomic mass is 10.0. The van der Waals surface area contributed by atoms with Crippen molar-refractivity contribution in [3.05, 3.63) is 255 Å². The van der Waals surface area contributed by atoms with Gasteiger partial charge in [-0.15, -0.1) is 15.3 Å². The van der Waals surface area contributed by atoms with E-state index in [2.05, 4.69) is 267 Å². The van der Waals surface area contributed by atoms with E-state index < -0.39 is 0 Å². The van der Waals surface area contributed by atoms with Crippen LogP contribution in [0.15, 0.2) is 285 Å². The van der Waals surface area contributed by atoms with Crippen molar-refractivity contribution in [1.29, 1.82) is 0 Å². The number of benzene rings is 10. The molecule has 0 unspecified atom stereocenters. The number of fused-ring (bicyclic) bond motifs is 6. The average Bonchev–Trinajstić information content (AvgIpc) is 4.39. The first-order valence-electron chi connectivity index (χ1n) is 26.3. The Balaban J connectivity index is 0.732. The van der Waals surface area contributed by atoms with Crippen molar-refractivity contribution in [2.24, 2.45) is 0 Å². The normalized spacial score (nSPS) is 13.0. The number of hydrogen-bond donors (Lipinski definition) is 0. The Morgan fingerprint density at radius 1 is 0.235 bits per heavy atom. The monoisotopic (exact) mass is 1100 g/mol. The molecule has 0 amide bonds. The Hall–Kier alpha value is -9.93. The Morgan fingerprint density at radius 3 is 0.679 bits per heavy atom. The van der Waals surface area contributed by atoms with Crippen molar-refractivity contribution in [2.75, 3.05) is 14.7 Å². The standard InChI is InChI=1S/C66H42N12S3/c1-7-19-61-55(13-1)76(56-14-2-8-20-62(56)79-61)49-31-25-46(26-32-49)73-40-52(67-70-73)43-37-44(53-41-74(71-68-53)47-27-33-50(34-28-47)77-57-15-3-9-21-63(57)80-64-22-10-4-16-58(64)77)39-45(38-43)54-42-75(72-69-54)48-29-35-51(36-30-48)78-59-17-5-11-23-65(59)81-66-24-12-6-18-60(66)78/h1-42H. The SMILES string of the molecule is c1ccc2c(c1)Sc1ccccc1N2c1ccc(-n2cc(-c3cc(-c4cn(-c5ccc(N6c7ccccc7Sc7ccccc76)cc5)nn4)cc(-c4cn(-c5ccc(N6c7ccccc7Sc7ccccc76)cc5)nn4)c3)nn2)cc1. The second-order valence-electron chi connectivity index (χ2n) is 19.6. The summed E-state index contributed by atoms with van der Waals surface area (Å²) in [7, 11) is 0. The predicted octanol–water partition coefficient (Wildman–Crippen LogP) is 17.2. The van der Waals surface area contributed by atoms with Crippen LogP contribution in [0.3, 0.4) is 0 Å². The van der Waals surface area contributed by atoms with Gasteiger partial charge in [0.1, 0.15) is 17.1 Å². The molecule has 10 aromatic carbocycles. The van der Waals surface area contributed by atoms with Gasteiger partial charge in [0.2, 0.25) is 0 Å². The van der Waals surface area contributed by atoms with Gasteiger partial charge in [0.15, 0.2) is 0 Å². The van der Waals surface area contributed by atoms with Gasteiger partial charge in [0.05, 0.1) is 69.8 Å². The van der Waals surface area contributed by atoms with E-state index in [-0.39, 0.29) is 0 Å². The van der Waals surface area contributed by atoms with Crippen LogP contribution in [0.1, 0.15) is 0 Å². The highest BCUT2D eigenvalue weighted by Gasteiger charge is 2.28. The maximum atomic E-state index is 4.77. The molecule has 0 spiro atoms. The molecule has 0 aliphatic carbocycles. The van der Waals surface area contributed by atoms with Gasteiger partial charge in [0, 0.05) is 63.1 Å². The van der Waals surface area contributed by atoms with Crippen LogP contribution in [-0.2, 0) is 0 Å². The molecule has 12 nitrogen and oxygen atoms in total. The molecule has 0 N–H and O–H groups in total. The number of nitrogens with zero attached hydrogens (tertiary/aromatic N) is 12. The third-order valence-electron chi connectivity index (χ3n) is 14.7. The highest BCUT2D eigenvalue weighted by Crippen LogP contribution is 2.54. The van der Waals surface area contributed by atoms with E-state index >= 15 is 0 Å². The molecule has 16 rings (SSSR count). The number of rotatable bonds is 9. The second kappa shape index (κ2) is 19.5. The lowest BCUT2D eigenvalue weighted by Gasteiger charge is -2.32. The Kier molecular flexibility index (Phi) is 11.3. The highest BCUT2D eigenvalue weighted by molar-refractivity contribution is 8.00. The fraction of sp³-hybridized carbons (Fsp3) is 0. The second-order valence-corrected chi connectivity index (χ2v) is 22.9. The maximum absolute atomic E-state index is 4.77. The van der Waals surface area contributed by atoms with Gasteiger partial charge in [-0.25, -0.2) is 14.0 Å². The van der Waals surface area contributed by atoms with Crippen molar-refractivity contribution >= 4 is 86.5 Å². The summed E-state index contributed by atoms with van der Waals surface area (Å²) in [5, 5.41) is 28.3. The molecule has 3 aromatic heterocycles. The average molecular weight is 1100 g/mol. The van der Waals surface area contributed by atoms with Gasteiger partial charge in [-0.1, -0.05) is 124 Å². The van der Waals surface area contributed by atoms with E-state index in [1.54, 1.807) is 35.3 Å². The molecule has 0 radical (unpaired) electrons. The molecule has 0 bridgehead atoms. The van der Waals surface area contributed by atoms with Crippen LogP contribution < -0.4 is 14.7 Å². The molecule has 0 saturated carbocycles. The fourth-order valence-corrected chi connectivity index (χ4v) is 14.0. The molecule has 3 aliphatic rings. The summed E-state index contributed by atoms with van der Waals surface area (Å²) in [5.74, 6) is 0. The van der Waals surface area contributed by atoms with Crippen LogP contribution >= 0.6 is 35.3 Å². The predicted molar refractivity (Wildman–Crippen MR) is 324 cm³/mol. The Labute approximate surface area is 478 Å². The van der Waals surface area contributed by atoms with E-state index in [9.17, 15) is 0 Å². The lowest BCUT2D eigenvalue weighted by Crippen LogP contribution is -2.14. The van der Waals surface area contributed by atoms with Crippen molar-refractivity contribution < 1.29 is 0 Å². The van der Waals surface area contributed by atoms with E-state index in [1.165, 1.54) is 29.4 Å². The number of anilines is 9. The smallest absolute Gasteiger partial charge is 0.113 e. The van der Waals surface area contributed by atoms with Crippen LogP contribution in [0, 0.1) is 0 Å². The van der Waals surface area contributed by atoms with Crippen molar-refractivity contribution in [3.8, 4) is 50.8 Å². The highest BCUT2D eigenvalue weighted by atomic mass is 32.2. The van der Waals surface area contributed by atoms with Gasteiger partial charge in [-0.3, -0.25) is 0 Å². The fourth-order valence-electron chi connectivity index (χ4n) is 10.8. The van der Waals surface area contributed by atoms with Gasteiger partial charge in [0.25, 0.3) is 0 Å². The largest absolute Gasteiger partial charge is 0.308 e. The summed E-state index contributed by atoms with van der Waals surface area (Å²) >= 11 is 5.40. The Morgan fingerprint density at radius 2 is 0.444 bits per heavy atom. The molecule has 0 saturated heterocycles. The summed E-state index contributed by atoms with van der Waals surface area (Å²) in [5.41, 5.74) is 17.3. The van der Waals surface area contributed by atoms with E-state index in [1.807, 2.05) is 32.6 Å². The van der Waals surface area contributed by atoms with Crippen LogP contribution in [0.25, 0.3) is 50.8 Å². The zero-order valence-corrected chi connectivity index (χ0v) is 45.3. The van der Waals surface area contributed by atoms with Gasteiger partial charge in [-0.05, 0) is 164 Å². The summed E-state index contributed by atoms with van der Waals surface area (Å²) in [6.07, 6.45) is 5.89. The minimum Gasteiger partial charge on any atom is -0.308 e. The zero-order chi connectivity index (χ0) is 53.4. The van der Waals surface area contributed by atoms with E-state index in [0.717, 1.165) is 84.9 Å². The first-order valence-corrected chi connectivity index (χ1v) is 28.8. The van der Waals surface area contributed by atoms with Crippen LogP contribution in [0.5, 0.6) is 0 Å². The van der Waals surface area contributed by atoms with E-state index in [0.29, 0.717) is 17.1 Å². The molecule has 3 aliphatic heterocycles. The summed E-state index contributed by atoms with van der Waals surface area (Å²) in [6.45, 7) is 0. The molecule has 81 heavy (non-hydrogen) atoms. The lowest BCUT2D eigenvalue weighted by molar-refractivity contribution is 0.803. The molecule has 13 aromatic rings. The van der Waals surface area contributed by atoms with Crippen molar-refractivity contribution in [3.63, 3.8) is 0 Å². The summed E-state index contributed by atoms with van der Waals surface area (Å²) in [4.78, 5) is 14.3. The molecule has 384 valence electrons. The third kappa shape index (κ3) is 8.36. The quantitative estimate of drug-likeness (QED) is 0.138.